The van der Waals surface area contributed by atoms with E-state index in [1.54, 1.807) is 13.0 Å². The number of amides is 1. The van der Waals surface area contributed by atoms with E-state index in [1.807, 2.05) is 19.9 Å². The van der Waals surface area contributed by atoms with Crippen molar-refractivity contribution in [3.63, 3.8) is 0 Å². The first-order chi connectivity index (χ1) is 8.04. The van der Waals surface area contributed by atoms with Crippen LogP contribution in [-0.2, 0) is 4.79 Å². The van der Waals surface area contributed by atoms with Gasteiger partial charge in [0.1, 0.15) is 5.82 Å². The van der Waals surface area contributed by atoms with Gasteiger partial charge in [-0.25, -0.2) is 4.39 Å². The van der Waals surface area contributed by atoms with Gasteiger partial charge in [0.25, 0.3) is 0 Å². The van der Waals surface area contributed by atoms with Gasteiger partial charge in [-0.2, -0.15) is 0 Å². The van der Waals surface area contributed by atoms with E-state index in [1.165, 1.54) is 6.07 Å². The van der Waals surface area contributed by atoms with Crippen molar-refractivity contribution >= 4 is 5.91 Å². The van der Waals surface area contributed by atoms with Gasteiger partial charge in [0.15, 0.2) is 0 Å². The predicted octanol–water partition coefficient (Wildman–Crippen LogP) is 1.92. The highest BCUT2D eigenvalue weighted by Gasteiger charge is 2.08. The quantitative estimate of drug-likeness (QED) is 0.823. The molecule has 0 saturated carbocycles. The summed E-state index contributed by atoms with van der Waals surface area (Å²) < 4.78 is 13.4. The van der Waals surface area contributed by atoms with E-state index in [2.05, 4.69) is 10.6 Å². The number of carbonyl (C=O) groups excluding carboxylic acids is 1. The summed E-state index contributed by atoms with van der Waals surface area (Å²) in [4.78, 5) is 11.3. The van der Waals surface area contributed by atoms with E-state index in [9.17, 15) is 9.18 Å². The van der Waals surface area contributed by atoms with Crippen LogP contribution in [0.25, 0.3) is 0 Å². The van der Waals surface area contributed by atoms with Crippen molar-refractivity contribution in [1.29, 1.82) is 0 Å². The van der Waals surface area contributed by atoms with Gasteiger partial charge in [0.2, 0.25) is 5.91 Å². The van der Waals surface area contributed by atoms with E-state index < -0.39 is 0 Å². The lowest BCUT2D eigenvalue weighted by Crippen LogP contribution is -2.34. The molecule has 17 heavy (non-hydrogen) atoms. The average molecular weight is 238 g/mol. The number of carbonyl (C=O) groups is 1. The summed E-state index contributed by atoms with van der Waals surface area (Å²) in [6, 6.07) is 5.07. The second kappa shape index (κ2) is 6.35. The van der Waals surface area contributed by atoms with Gasteiger partial charge >= 0.3 is 0 Å². The van der Waals surface area contributed by atoms with Crippen LogP contribution in [0.15, 0.2) is 18.2 Å². The zero-order valence-corrected chi connectivity index (χ0v) is 10.5. The summed E-state index contributed by atoms with van der Waals surface area (Å²) in [6.07, 6.45) is 0. The predicted molar refractivity (Wildman–Crippen MR) is 66.2 cm³/mol. The topological polar surface area (TPSA) is 41.1 Å². The number of nitrogens with one attached hydrogen (secondary N) is 2. The average Bonchev–Trinajstić information content (AvgIpc) is 2.30. The molecule has 0 bridgehead atoms. The SMILES string of the molecule is CCNC(=O)CNC(C)c1ccc(C)c(F)c1. The van der Waals surface area contributed by atoms with E-state index in [0.29, 0.717) is 12.1 Å². The number of halogens is 1. The van der Waals surface area contributed by atoms with Gasteiger partial charge < -0.3 is 10.6 Å². The Balaban J connectivity index is 2.54. The van der Waals surface area contributed by atoms with Crippen molar-refractivity contribution in [2.24, 2.45) is 0 Å². The molecule has 0 aliphatic carbocycles. The molecule has 0 saturated heterocycles. The molecule has 0 spiro atoms. The van der Waals surface area contributed by atoms with E-state index in [0.717, 1.165) is 5.56 Å². The van der Waals surface area contributed by atoms with E-state index >= 15 is 0 Å². The van der Waals surface area contributed by atoms with Crippen molar-refractivity contribution in [2.45, 2.75) is 26.8 Å². The molecule has 1 atom stereocenters. The van der Waals surface area contributed by atoms with Crippen LogP contribution in [0.4, 0.5) is 4.39 Å². The fourth-order valence-electron chi connectivity index (χ4n) is 1.50. The highest BCUT2D eigenvalue weighted by Crippen LogP contribution is 2.15. The first-order valence-electron chi connectivity index (χ1n) is 5.80. The van der Waals surface area contributed by atoms with Crippen molar-refractivity contribution in [3.05, 3.63) is 35.1 Å². The lowest BCUT2D eigenvalue weighted by Gasteiger charge is -2.14. The van der Waals surface area contributed by atoms with Crippen LogP contribution in [0, 0.1) is 12.7 Å². The standard InChI is InChI=1S/C13H19FN2O/c1-4-15-13(17)8-16-10(3)11-6-5-9(2)12(14)7-11/h5-7,10,16H,4,8H2,1-3H3,(H,15,17). The zero-order valence-electron chi connectivity index (χ0n) is 10.5. The maximum absolute atomic E-state index is 13.4. The first-order valence-corrected chi connectivity index (χ1v) is 5.80. The minimum absolute atomic E-state index is 0.0484. The number of benzene rings is 1. The van der Waals surface area contributed by atoms with Crippen LogP contribution in [-0.4, -0.2) is 19.0 Å². The maximum Gasteiger partial charge on any atom is 0.233 e. The third kappa shape index (κ3) is 4.15. The van der Waals surface area contributed by atoms with Crippen LogP contribution in [0.2, 0.25) is 0 Å². The Hall–Kier alpha value is -1.42. The van der Waals surface area contributed by atoms with Crippen LogP contribution < -0.4 is 10.6 Å². The van der Waals surface area contributed by atoms with Crippen LogP contribution in [0.3, 0.4) is 0 Å². The van der Waals surface area contributed by atoms with Crippen molar-refractivity contribution in [2.75, 3.05) is 13.1 Å². The molecule has 0 aromatic heterocycles. The molecule has 1 rings (SSSR count). The molecule has 0 aliphatic rings. The number of aryl methyl sites for hydroxylation is 1. The minimum Gasteiger partial charge on any atom is -0.355 e. The largest absolute Gasteiger partial charge is 0.355 e. The number of likely N-dealkylation sites (N-methyl/N-ethyl adjacent to an activating group) is 1. The zero-order chi connectivity index (χ0) is 12.8. The second-order valence-electron chi connectivity index (χ2n) is 4.06. The fourth-order valence-corrected chi connectivity index (χ4v) is 1.50. The van der Waals surface area contributed by atoms with Gasteiger partial charge in [0, 0.05) is 12.6 Å². The normalized spacial score (nSPS) is 12.2. The fraction of sp³-hybridized carbons (Fsp3) is 0.462. The molecule has 0 heterocycles. The van der Waals surface area contributed by atoms with Crippen LogP contribution in [0.5, 0.6) is 0 Å². The van der Waals surface area contributed by atoms with Gasteiger partial charge in [-0.3, -0.25) is 4.79 Å². The Bertz CT molecular complexity index is 393. The van der Waals surface area contributed by atoms with Crippen molar-refractivity contribution < 1.29 is 9.18 Å². The first kappa shape index (κ1) is 13.6. The molecular formula is C13H19FN2O. The molecule has 2 N–H and O–H groups in total. The van der Waals surface area contributed by atoms with E-state index in [-0.39, 0.29) is 24.3 Å². The Morgan fingerprint density at radius 3 is 2.76 bits per heavy atom. The Morgan fingerprint density at radius 2 is 2.18 bits per heavy atom. The molecular weight excluding hydrogens is 219 g/mol. The molecule has 1 amide bonds. The van der Waals surface area contributed by atoms with Crippen LogP contribution >= 0.6 is 0 Å². The van der Waals surface area contributed by atoms with Crippen molar-refractivity contribution in [3.8, 4) is 0 Å². The number of hydrogen-bond donors (Lipinski definition) is 2. The van der Waals surface area contributed by atoms with Gasteiger partial charge in [-0.05, 0) is 38.0 Å². The third-order valence-electron chi connectivity index (χ3n) is 2.64. The lowest BCUT2D eigenvalue weighted by atomic mass is 10.1. The van der Waals surface area contributed by atoms with Crippen molar-refractivity contribution in [1.82, 2.24) is 10.6 Å². The molecule has 0 aliphatic heterocycles. The molecule has 1 unspecified atom stereocenters. The Morgan fingerprint density at radius 1 is 1.47 bits per heavy atom. The minimum atomic E-state index is -0.214. The van der Waals surface area contributed by atoms with Gasteiger partial charge in [-0.1, -0.05) is 12.1 Å². The Labute approximate surface area is 101 Å². The lowest BCUT2D eigenvalue weighted by molar-refractivity contribution is -0.120. The molecule has 0 radical (unpaired) electrons. The number of hydrogen-bond acceptors (Lipinski definition) is 2. The molecule has 1 aromatic carbocycles. The molecule has 94 valence electrons. The smallest absolute Gasteiger partial charge is 0.233 e. The number of rotatable bonds is 5. The summed E-state index contributed by atoms with van der Waals surface area (Å²) in [6.45, 7) is 6.37. The maximum atomic E-state index is 13.4. The third-order valence-corrected chi connectivity index (χ3v) is 2.64. The summed E-state index contributed by atoms with van der Waals surface area (Å²) in [5.41, 5.74) is 1.47. The molecule has 1 aromatic rings. The van der Waals surface area contributed by atoms with Gasteiger partial charge in [0.05, 0.1) is 6.54 Å². The highest BCUT2D eigenvalue weighted by atomic mass is 19.1. The summed E-state index contributed by atoms with van der Waals surface area (Å²) in [7, 11) is 0. The highest BCUT2D eigenvalue weighted by molar-refractivity contribution is 5.77. The second-order valence-corrected chi connectivity index (χ2v) is 4.06. The van der Waals surface area contributed by atoms with E-state index in [4.69, 9.17) is 0 Å². The molecule has 3 nitrogen and oxygen atoms in total. The Kier molecular flexibility index (Phi) is 5.10. The molecule has 4 heteroatoms. The summed E-state index contributed by atoms with van der Waals surface area (Å²) in [5, 5.41) is 5.75. The monoisotopic (exact) mass is 238 g/mol. The molecule has 0 fully saturated rings. The summed E-state index contributed by atoms with van der Waals surface area (Å²) in [5.74, 6) is -0.263. The summed E-state index contributed by atoms with van der Waals surface area (Å²) >= 11 is 0. The van der Waals surface area contributed by atoms with Crippen LogP contribution in [0.1, 0.15) is 31.0 Å². The van der Waals surface area contributed by atoms with Gasteiger partial charge in [-0.15, -0.1) is 0 Å².